The lowest BCUT2D eigenvalue weighted by atomic mass is 9.78. The van der Waals surface area contributed by atoms with Crippen LogP contribution in [0.1, 0.15) is 116 Å². The summed E-state index contributed by atoms with van der Waals surface area (Å²) in [4.78, 5) is 2.18. The molecule has 184 valence electrons. The second kappa shape index (κ2) is 8.56. The summed E-state index contributed by atoms with van der Waals surface area (Å²) in [5.74, 6) is 0.794. The van der Waals surface area contributed by atoms with Gasteiger partial charge in [-0.3, -0.25) is 0 Å². The van der Waals surface area contributed by atoms with E-state index < -0.39 is 0 Å². The smallest absolute Gasteiger partial charge is 0.124 e. The van der Waals surface area contributed by atoms with Crippen molar-refractivity contribution in [3.8, 4) is 11.5 Å². The summed E-state index contributed by atoms with van der Waals surface area (Å²) in [5.41, 5.74) is 5.46. The summed E-state index contributed by atoms with van der Waals surface area (Å²) < 4.78 is 0. The van der Waals surface area contributed by atoms with Crippen molar-refractivity contribution in [3.63, 3.8) is 0 Å². The van der Waals surface area contributed by atoms with Gasteiger partial charge in [-0.1, -0.05) is 107 Å². The summed E-state index contributed by atoms with van der Waals surface area (Å²) in [6.07, 6.45) is 0. The quantitative estimate of drug-likeness (QED) is 0.460. The number of hydrogen-bond donors (Lipinski definition) is 2. The third kappa shape index (κ3) is 5.56. The lowest BCUT2D eigenvalue weighted by Crippen LogP contribution is -2.20. The predicted octanol–water partition coefficient (Wildman–Crippen LogP) is 9.06. The minimum absolute atomic E-state index is 0.156. The van der Waals surface area contributed by atoms with E-state index in [0.717, 1.165) is 43.2 Å². The molecule has 2 N–H and O–H groups in total. The summed E-state index contributed by atoms with van der Waals surface area (Å²) in [6, 6.07) is 4.28. The van der Waals surface area contributed by atoms with Crippen LogP contribution in [-0.2, 0) is 21.7 Å². The summed E-state index contributed by atoms with van der Waals surface area (Å²) in [5, 5.41) is 23.0. The molecule has 0 fully saturated rings. The number of phenolic OH excluding ortho intramolecular Hbond substituents is 2. The number of phenols is 2. The second-order valence-corrected chi connectivity index (χ2v) is 14.7. The normalized spacial score (nSPS) is 13.5. The maximum atomic E-state index is 11.5. The fourth-order valence-corrected chi connectivity index (χ4v) is 6.13. The molecule has 0 unspecified atom stereocenters. The molecule has 0 aliphatic carbocycles. The summed E-state index contributed by atoms with van der Waals surface area (Å²) >= 11 is 1.69. The van der Waals surface area contributed by atoms with Crippen LogP contribution in [0.25, 0.3) is 0 Å². The topological polar surface area (TPSA) is 40.5 Å². The van der Waals surface area contributed by atoms with Crippen LogP contribution in [0.15, 0.2) is 21.9 Å². The van der Waals surface area contributed by atoms with Crippen LogP contribution in [0.5, 0.6) is 11.5 Å². The Kier molecular flexibility index (Phi) is 7.16. The van der Waals surface area contributed by atoms with E-state index in [-0.39, 0.29) is 21.7 Å². The van der Waals surface area contributed by atoms with Crippen molar-refractivity contribution in [1.29, 1.82) is 0 Å². The lowest BCUT2D eigenvalue weighted by Gasteiger charge is -2.33. The fraction of sp³-hybridized carbons (Fsp3) is 0.600. The third-order valence-electron chi connectivity index (χ3n) is 6.20. The number of benzene rings is 2. The van der Waals surface area contributed by atoms with Crippen molar-refractivity contribution in [3.05, 3.63) is 45.5 Å². The molecule has 2 aromatic carbocycles. The number of aryl methyl sites for hydroxylation is 2. The van der Waals surface area contributed by atoms with Crippen LogP contribution in [0.2, 0.25) is 0 Å². The lowest BCUT2D eigenvalue weighted by molar-refractivity contribution is 0.418. The Morgan fingerprint density at radius 3 is 1.00 bits per heavy atom. The van der Waals surface area contributed by atoms with Gasteiger partial charge < -0.3 is 10.2 Å². The molecular weight excluding hydrogens is 424 g/mol. The molecule has 0 aliphatic heterocycles. The van der Waals surface area contributed by atoms with E-state index in [9.17, 15) is 10.2 Å². The van der Waals surface area contributed by atoms with Crippen LogP contribution in [0.4, 0.5) is 0 Å². The number of hydrogen-bond acceptors (Lipinski definition) is 3. The van der Waals surface area contributed by atoms with Gasteiger partial charge in [0.25, 0.3) is 0 Å². The van der Waals surface area contributed by atoms with Gasteiger partial charge in [-0.05, 0) is 57.8 Å². The minimum Gasteiger partial charge on any atom is -0.507 e. The second-order valence-electron chi connectivity index (χ2n) is 13.7. The molecule has 2 rings (SSSR count). The Balaban J connectivity index is 2.95. The Labute approximate surface area is 207 Å². The monoisotopic (exact) mass is 470 g/mol. The highest BCUT2D eigenvalue weighted by Crippen LogP contribution is 2.52. The maximum absolute atomic E-state index is 11.5. The molecule has 0 heterocycles. The van der Waals surface area contributed by atoms with Gasteiger partial charge in [0.15, 0.2) is 0 Å². The fourth-order valence-electron chi connectivity index (χ4n) is 4.48. The average Bonchev–Trinajstić information content (AvgIpc) is 2.56. The van der Waals surface area contributed by atoms with Gasteiger partial charge in [0.05, 0.1) is 0 Å². The molecule has 2 nitrogen and oxygen atoms in total. The Bertz CT molecular complexity index is 964. The molecule has 0 radical (unpaired) electrons. The van der Waals surface area contributed by atoms with Crippen LogP contribution >= 0.6 is 11.8 Å². The van der Waals surface area contributed by atoms with Gasteiger partial charge in [0.1, 0.15) is 11.5 Å². The van der Waals surface area contributed by atoms with Crippen molar-refractivity contribution in [2.75, 3.05) is 0 Å². The zero-order valence-electron chi connectivity index (χ0n) is 23.5. The van der Waals surface area contributed by atoms with Crippen LogP contribution in [0.3, 0.4) is 0 Å². The van der Waals surface area contributed by atoms with Gasteiger partial charge in [-0.2, -0.15) is 0 Å². The standard InChI is InChI=1S/C30H46O2S/c1-17-15-19(27(3,4)5)23(31)21(29(9,10)11)25(17)33-26-18(2)16-20(28(6,7)8)24(32)22(26)30(12,13)14/h15-16,31-32H,1-14H3. The first kappa shape index (κ1) is 27.6. The summed E-state index contributed by atoms with van der Waals surface area (Å²) in [6.45, 7) is 30.1. The molecular formula is C30H46O2S. The SMILES string of the molecule is Cc1cc(C(C)(C)C)c(O)c(C(C)(C)C)c1Sc1c(C)cc(C(C)(C)C)c(O)c1C(C)(C)C. The first-order chi connectivity index (χ1) is 14.6. The molecule has 0 aromatic heterocycles. The highest BCUT2D eigenvalue weighted by Gasteiger charge is 2.33. The zero-order chi connectivity index (χ0) is 25.9. The van der Waals surface area contributed by atoms with Gasteiger partial charge in [0, 0.05) is 20.9 Å². The largest absolute Gasteiger partial charge is 0.507 e. The van der Waals surface area contributed by atoms with Gasteiger partial charge >= 0.3 is 0 Å². The van der Waals surface area contributed by atoms with E-state index in [1.54, 1.807) is 11.8 Å². The molecule has 0 amide bonds. The van der Waals surface area contributed by atoms with Crippen LogP contribution < -0.4 is 0 Å². The number of rotatable bonds is 2. The van der Waals surface area contributed by atoms with Gasteiger partial charge in [-0.15, -0.1) is 0 Å². The highest BCUT2D eigenvalue weighted by atomic mass is 32.2. The average molecular weight is 471 g/mol. The number of aromatic hydroxyl groups is 2. The Morgan fingerprint density at radius 1 is 0.515 bits per heavy atom. The zero-order valence-corrected chi connectivity index (χ0v) is 24.3. The molecule has 3 heteroatoms. The highest BCUT2D eigenvalue weighted by molar-refractivity contribution is 7.99. The van der Waals surface area contributed by atoms with Crippen LogP contribution in [0, 0.1) is 13.8 Å². The van der Waals surface area contributed by atoms with Crippen molar-refractivity contribution < 1.29 is 10.2 Å². The van der Waals surface area contributed by atoms with E-state index in [1.165, 1.54) is 0 Å². The molecule has 0 aliphatic rings. The Hall–Kier alpha value is -1.61. The first-order valence-electron chi connectivity index (χ1n) is 12.0. The molecule has 2 aromatic rings. The van der Waals surface area contributed by atoms with Crippen molar-refractivity contribution in [1.82, 2.24) is 0 Å². The first-order valence-corrected chi connectivity index (χ1v) is 12.8. The van der Waals surface area contributed by atoms with E-state index in [4.69, 9.17) is 0 Å². The molecule has 0 atom stereocenters. The predicted molar refractivity (Wildman–Crippen MR) is 145 cm³/mol. The molecule has 0 saturated heterocycles. The third-order valence-corrected chi connectivity index (χ3v) is 7.66. The van der Waals surface area contributed by atoms with Crippen molar-refractivity contribution in [2.45, 2.75) is 128 Å². The van der Waals surface area contributed by atoms with E-state index in [0.29, 0.717) is 11.5 Å². The van der Waals surface area contributed by atoms with Crippen molar-refractivity contribution >= 4 is 11.8 Å². The molecule has 0 spiro atoms. The van der Waals surface area contributed by atoms with Crippen molar-refractivity contribution in [2.24, 2.45) is 0 Å². The Morgan fingerprint density at radius 2 is 0.788 bits per heavy atom. The molecule has 33 heavy (non-hydrogen) atoms. The van der Waals surface area contributed by atoms with E-state index >= 15 is 0 Å². The van der Waals surface area contributed by atoms with Gasteiger partial charge in [0.2, 0.25) is 0 Å². The maximum Gasteiger partial charge on any atom is 0.124 e. The van der Waals surface area contributed by atoms with Gasteiger partial charge in [-0.25, -0.2) is 0 Å². The molecule has 0 saturated carbocycles. The summed E-state index contributed by atoms with van der Waals surface area (Å²) in [7, 11) is 0. The van der Waals surface area contributed by atoms with E-state index in [2.05, 4.69) is 109 Å². The van der Waals surface area contributed by atoms with Crippen LogP contribution in [-0.4, -0.2) is 10.2 Å². The molecule has 0 bridgehead atoms. The minimum atomic E-state index is -0.234. The van der Waals surface area contributed by atoms with E-state index in [1.807, 2.05) is 0 Å².